The van der Waals surface area contributed by atoms with Crippen molar-refractivity contribution in [3.63, 3.8) is 0 Å². The summed E-state index contributed by atoms with van der Waals surface area (Å²) >= 11 is 1.99. The number of thioether (sulfide) groups is 1. The van der Waals surface area contributed by atoms with Gasteiger partial charge in [0.2, 0.25) is 0 Å². The molecule has 106 valence electrons. The van der Waals surface area contributed by atoms with Crippen LogP contribution in [0.15, 0.2) is 30.3 Å². The highest BCUT2D eigenvalue weighted by Gasteiger charge is 2.18. The molecule has 2 nitrogen and oxygen atoms in total. The molecule has 0 amide bonds. The number of benzene rings is 1. The van der Waals surface area contributed by atoms with Crippen LogP contribution in [0.1, 0.15) is 12.5 Å². The Hall–Kier alpha value is -0.320. The average molecular weight is 297 g/mol. The Balaban J connectivity index is 1.66. The molecule has 1 aromatic rings. The molecule has 0 bridgehead atoms. The number of rotatable bonds is 5. The van der Waals surface area contributed by atoms with Crippen LogP contribution in [-0.4, -0.2) is 46.0 Å². The van der Waals surface area contributed by atoms with Crippen LogP contribution in [0.3, 0.4) is 0 Å². The third-order valence-corrected chi connectivity index (χ3v) is 5.93. The van der Waals surface area contributed by atoms with Gasteiger partial charge in [-0.25, -0.2) is 0 Å². The Bertz CT molecular complexity index is 396. The minimum Gasteiger partial charge on any atom is -0.301 e. The van der Waals surface area contributed by atoms with Crippen molar-refractivity contribution in [2.75, 3.05) is 36.9 Å². The van der Waals surface area contributed by atoms with E-state index in [0.717, 1.165) is 42.6 Å². The van der Waals surface area contributed by atoms with Gasteiger partial charge in [-0.1, -0.05) is 37.3 Å². The lowest BCUT2D eigenvalue weighted by atomic mass is 10.2. The van der Waals surface area contributed by atoms with Crippen molar-refractivity contribution in [2.45, 2.75) is 12.7 Å². The maximum absolute atomic E-state index is 11.6. The fourth-order valence-corrected chi connectivity index (χ4v) is 4.71. The Morgan fingerprint density at radius 2 is 2.16 bits per heavy atom. The van der Waals surface area contributed by atoms with Crippen LogP contribution in [0, 0.1) is 5.92 Å². The van der Waals surface area contributed by atoms with Gasteiger partial charge in [-0.05, 0) is 11.5 Å². The second-order valence-electron chi connectivity index (χ2n) is 5.25. The highest BCUT2D eigenvalue weighted by molar-refractivity contribution is 7.98. The molecule has 1 heterocycles. The number of hydrogen-bond donors (Lipinski definition) is 0. The molecule has 1 aliphatic heterocycles. The number of nitrogens with zero attached hydrogens (tertiary/aromatic N) is 1. The fraction of sp³-hybridized carbons (Fsp3) is 0.600. The van der Waals surface area contributed by atoms with Crippen LogP contribution in [-0.2, 0) is 16.6 Å². The summed E-state index contributed by atoms with van der Waals surface area (Å²) in [5.41, 5.74) is 1.40. The van der Waals surface area contributed by atoms with E-state index < -0.39 is 10.8 Å². The first-order chi connectivity index (χ1) is 9.24. The highest BCUT2D eigenvalue weighted by Crippen LogP contribution is 2.13. The molecule has 0 aliphatic carbocycles. The van der Waals surface area contributed by atoms with Gasteiger partial charge in [0.15, 0.2) is 0 Å². The molecule has 0 saturated carbocycles. The summed E-state index contributed by atoms with van der Waals surface area (Å²) in [5, 5.41) is 0. The number of hydrogen-bond acceptors (Lipinski definition) is 3. The van der Waals surface area contributed by atoms with Crippen molar-refractivity contribution in [3.05, 3.63) is 35.9 Å². The Labute approximate surface area is 123 Å². The van der Waals surface area contributed by atoms with E-state index in [2.05, 4.69) is 42.2 Å². The smallest absolute Gasteiger partial charge is 0.0362 e. The normalized spacial score (nSPS) is 25.1. The first-order valence-corrected chi connectivity index (χ1v) is 9.57. The zero-order valence-electron chi connectivity index (χ0n) is 11.6. The molecule has 19 heavy (non-hydrogen) atoms. The Morgan fingerprint density at radius 1 is 1.37 bits per heavy atom. The van der Waals surface area contributed by atoms with Crippen LogP contribution >= 0.6 is 11.8 Å². The van der Waals surface area contributed by atoms with E-state index in [1.165, 1.54) is 5.56 Å². The van der Waals surface area contributed by atoms with Crippen molar-refractivity contribution in [3.8, 4) is 0 Å². The third kappa shape index (κ3) is 5.67. The molecule has 0 spiro atoms. The van der Waals surface area contributed by atoms with Gasteiger partial charge in [-0.3, -0.25) is 4.21 Å². The van der Waals surface area contributed by atoms with Gasteiger partial charge in [-0.15, -0.1) is 0 Å². The molecule has 1 aliphatic rings. The van der Waals surface area contributed by atoms with Gasteiger partial charge in [0.05, 0.1) is 0 Å². The standard InChI is InChI=1S/C15H23NOS2/c1-14-11-16(8-10-19(17)13-14)7-9-18-12-15-5-3-2-4-6-15/h2-6,14H,7-13H2,1H3/t14-,19+/m1/s1. The van der Waals surface area contributed by atoms with E-state index in [0.29, 0.717) is 5.92 Å². The predicted molar refractivity (Wildman–Crippen MR) is 86.1 cm³/mol. The van der Waals surface area contributed by atoms with E-state index >= 15 is 0 Å². The second kappa shape index (κ2) is 8.08. The molecule has 2 atom stereocenters. The molecule has 1 fully saturated rings. The van der Waals surface area contributed by atoms with Crippen LogP contribution in [0.5, 0.6) is 0 Å². The SMILES string of the molecule is C[C@@H]1CN(CCSCc2ccccc2)CC[S@](=O)C1. The van der Waals surface area contributed by atoms with E-state index in [-0.39, 0.29) is 0 Å². The molecule has 0 aromatic heterocycles. The maximum atomic E-state index is 11.6. The van der Waals surface area contributed by atoms with Gasteiger partial charge in [0.1, 0.15) is 0 Å². The molecular weight excluding hydrogens is 274 g/mol. The van der Waals surface area contributed by atoms with E-state index in [4.69, 9.17) is 0 Å². The van der Waals surface area contributed by atoms with Crippen LogP contribution in [0.2, 0.25) is 0 Å². The summed E-state index contributed by atoms with van der Waals surface area (Å²) in [6.45, 7) is 5.45. The summed E-state index contributed by atoms with van der Waals surface area (Å²) in [4.78, 5) is 2.48. The largest absolute Gasteiger partial charge is 0.301 e. The van der Waals surface area contributed by atoms with Crippen molar-refractivity contribution in [2.24, 2.45) is 5.92 Å². The van der Waals surface area contributed by atoms with Gasteiger partial charge in [0, 0.05) is 53.4 Å². The summed E-state index contributed by atoms with van der Waals surface area (Å²) in [7, 11) is -0.594. The molecular formula is C15H23NOS2. The lowest BCUT2D eigenvalue weighted by molar-refractivity contribution is 0.281. The molecule has 0 N–H and O–H groups in total. The topological polar surface area (TPSA) is 20.3 Å². The van der Waals surface area contributed by atoms with Gasteiger partial charge >= 0.3 is 0 Å². The van der Waals surface area contributed by atoms with Crippen molar-refractivity contribution < 1.29 is 4.21 Å². The van der Waals surface area contributed by atoms with Crippen LogP contribution in [0.25, 0.3) is 0 Å². The molecule has 2 rings (SSSR count). The Morgan fingerprint density at radius 3 is 2.95 bits per heavy atom. The van der Waals surface area contributed by atoms with Crippen molar-refractivity contribution >= 4 is 22.6 Å². The minimum absolute atomic E-state index is 0.572. The molecule has 1 aromatic carbocycles. The van der Waals surface area contributed by atoms with Crippen LogP contribution < -0.4 is 0 Å². The highest BCUT2D eigenvalue weighted by atomic mass is 32.2. The lowest BCUT2D eigenvalue weighted by Crippen LogP contribution is -2.31. The quantitative estimate of drug-likeness (QED) is 0.779. The molecule has 0 unspecified atom stereocenters. The maximum Gasteiger partial charge on any atom is 0.0362 e. The third-order valence-electron chi connectivity index (χ3n) is 3.34. The van der Waals surface area contributed by atoms with E-state index in [9.17, 15) is 4.21 Å². The summed E-state index contributed by atoms with van der Waals surface area (Å²) < 4.78 is 11.6. The Kier molecular flexibility index (Phi) is 6.41. The summed E-state index contributed by atoms with van der Waals surface area (Å²) in [6, 6.07) is 10.6. The van der Waals surface area contributed by atoms with Gasteiger partial charge < -0.3 is 4.90 Å². The van der Waals surface area contributed by atoms with Crippen molar-refractivity contribution in [1.82, 2.24) is 4.90 Å². The molecule has 4 heteroatoms. The van der Waals surface area contributed by atoms with Crippen LogP contribution in [0.4, 0.5) is 0 Å². The van der Waals surface area contributed by atoms with E-state index in [1.54, 1.807) is 0 Å². The second-order valence-corrected chi connectivity index (χ2v) is 7.98. The predicted octanol–water partition coefficient (Wildman–Crippen LogP) is 2.62. The first kappa shape index (κ1) is 15.1. The zero-order valence-corrected chi connectivity index (χ0v) is 13.2. The minimum atomic E-state index is -0.594. The first-order valence-electron chi connectivity index (χ1n) is 6.93. The van der Waals surface area contributed by atoms with E-state index in [1.807, 2.05) is 11.8 Å². The monoisotopic (exact) mass is 297 g/mol. The zero-order chi connectivity index (χ0) is 13.5. The van der Waals surface area contributed by atoms with Crippen molar-refractivity contribution in [1.29, 1.82) is 0 Å². The molecule has 0 radical (unpaired) electrons. The molecule has 1 saturated heterocycles. The fourth-order valence-electron chi connectivity index (χ4n) is 2.38. The summed E-state index contributed by atoms with van der Waals surface area (Å²) in [6.07, 6.45) is 0. The van der Waals surface area contributed by atoms with Gasteiger partial charge in [0.25, 0.3) is 0 Å². The van der Waals surface area contributed by atoms with Gasteiger partial charge in [-0.2, -0.15) is 11.8 Å². The lowest BCUT2D eigenvalue weighted by Gasteiger charge is -2.21. The summed E-state index contributed by atoms with van der Waals surface area (Å²) in [5.74, 6) is 4.56. The average Bonchev–Trinajstić information content (AvgIpc) is 2.57.